The number of hydrogen-bond donors (Lipinski definition) is 1. The second-order valence-corrected chi connectivity index (χ2v) is 4.92. The second kappa shape index (κ2) is 5.80. The third-order valence-corrected chi connectivity index (χ3v) is 3.53. The summed E-state index contributed by atoms with van der Waals surface area (Å²) in [6.07, 6.45) is 3.38. The lowest BCUT2D eigenvalue weighted by molar-refractivity contribution is 0.300. The summed E-state index contributed by atoms with van der Waals surface area (Å²) in [5.41, 5.74) is 1.22. The fourth-order valence-electron chi connectivity index (χ4n) is 1.57. The van der Waals surface area contributed by atoms with Crippen LogP contribution in [0.1, 0.15) is 15.4 Å². The Labute approximate surface area is 105 Å². The van der Waals surface area contributed by atoms with E-state index in [-0.39, 0.29) is 6.61 Å². The summed E-state index contributed by atoms with van der Waals surface area (Å²) in [4.78, 5) is 5.48. The minimum Gasteiger partial charge on any atom is -0.497 e. The van der Waals surface area contributed by atoms with Gasteiger partial charge in [0.1, 0.15) is 5.75 Å². The largest absolute Gasteiger partial charge is 0.497 e. The van der Waals surface area contributed by atoms with Crippen molar-refractivity contribution in [2.75, 3.05) is 13.7 Å². The SMILES string of the molecule is COc1ccc(Cc2ncc(CCO)s2)cc1. The summed E-state index contributed by atoms with van der Waals surface area (Å²) >= 11 is 1.66. The fraction of sp³-hybridized carbons (Fsp3) is 0.308. The molecule has 0 aliphatic heterocycles. The van der Waals surface area contributed by atoms with E-state index in [2.05, 4.69) is 4.98 Å². The van der Waals surface area contributed by atoms with E-state index in [4.69, 9.17) is 9.84 Å². The molecule has 4 heteroatoms. The molecule has 1 aromatic carbocycles. The molecule has 1 N–H and O–H groups in total. The molecule has 0 saturated carbocycles. The van der Waals surface area contributed by atoms with Gasteiger partial charge in [0.2, 0.25) is 0 Å². The van der Waals surface area contributed by atoms with Crippen LogP contribution >= 0.6 is 11.3 Å². The zero-order chi connectivity index (χ0) is 12.1. The highest BCUT2D eigenvalue weighted by atomic mass is 32.1. The van der Waals surface area contributed by atoms with Crippen molar-refractivity contribution in [2.24, 2.45) is 0 Å². The van der Waals surface area contributed by atoms with Crippen molar-refractivity contribution < 1.29 is 9.84 Å². The van der Waals surface area contributed by atoms with Crippen molar-refractivity contribution in [1.82, 2.24) is 4.98 Å². The van der Waals surface area contributed by atoms with Crippen LogP contribution in [-0.2, 0) is 12.8 Å². The van der Waals surface area contributed by atoms with Gasteiger partial charge in [-0.05, 0) is 17.7 Å². The van der Waals surface area contributed by atoms with Gasteiger partial charge in [0.25, 0.3) is 0 Å². The first kappa shape index (κ1) is 12.1. The molecule has 17 heavy (non-hydrogen) atoms. The van der Waals surface area contributed by atoms with Gasteiger partial charge in [0.05, 0.1) is 12.1 Å². The number of methoxy groups -OCH3 is 1. The molecule has 0 aliphatic rings. The Balaban J connectivity index is 2.03. The van der Waals surface area contributed by atoms with Crippen LogP contribution in [0.2, 0.25) is 0 Å². The maximum absolute atomic E-state index is 8.84. The molecule has 0 saturated heterocycles. The number of nitrogens with zero attached hydrogens (tertiary/aromatic N) is 1. The van der Waals surface area contributed by atoms with Gasteiger partial charge >= 0.3 is 0 Å². The monoisotopic (exact) mass is 249 g/mol. The summed E-state index contributed by atoms with van der Waals surface area (Å²) in [6.45, 7) is 0.185. The van der Waals surface area contributed by atoms with Crippen molar-refractivity contribution in [3.05, 3.63) is 45.9 Å². The van der Waals surface area contributed by atoms with E-state index in [1.807, 2.05) is 30.5 Å². The van der Waals surface area contributed by atoms with Crippen LogP contribution in [0.5, 0.6) is 5.75 Å². The number of ether oxygens (including phenoxy) is 1. The van der Waals surface area contributed by atoms with Gasteiger partial charge in [-0.25, -0.2) is 4.98 Å². The second-order valence-electron chi connectivity index (χ2n) is 3.72. The van der Waals surface area contributed by atoms with E-state index in [1.165, 1.54) is 5.56 Å². The van der Waals surface area contributed by atoms with E-state index >= 15 is 0 Å². The predicted molar refractivity (Wildman–Crippen MR) is 68.7 cm³/mol. The van der Waals surface area contributed by atoms with E-state index in [0.29, 0.717) is 6.42 Å². The number of benzene rings is 1. The molecule has 0 aliphatic carbocycles. The maximum Gasteiger partial charge on any atom is 0.118 e. The molecule has 0 unspecified atom stereocenters. The summed E-state index contributed by atoms with van der Waals surface area (Å²) in [5.74, 6) is 0.869. The molecule has 1 aromatic heterocycles. The molecule has 2 aromatic rings. The highest BCUT2D eigenvalue weighted by Gasteiger charge is 2.03. The molecule has 0 amide bonds. The lowest BCUT2D eigenvalue weighted by Crippen LogP contribution is -1.87. The van der Waals surface area contributed by atoms with Gasteiger partial charge in [-0.3, -0.25) is 0 Å². The van der Waals surface area contributed by atoms with Gasteiger partial charge in [0, 0.05) is 30.5 Å². The van der Waals surface area contributed by atoms with Crippen LogP contribution in [0.4, 0.5) is 0 Å². The Hall–Kier alpha value is -1.39. The number of aliphatic hydroxyl groups is 1. The number of hydrogen-bond acceptors (Lipinski definition) is 4. The highest BCUT2D eigenvalue weighted by molar-refractivity contribution is 7.11. The molecule has 3 nitrogen and oxygen atoms in total. The van der Waals surface area contributed by atoms with E-state index in [0.717, 1.165) is 22.1 Å². The smallest absolute Gasteiger partial charge is 0.118 e. The number of aliphatic hydroxyl groups excluding tert-OH is 1. The van der Waals surface area contributed by atoms with Crippen LogP contribution in [0.25, 0.3) is 0 Å². The van der Waals surface area contributed by atoms with Gasteiger partial charge in [-0.15, -0.1) is 11.3 Å². The molecule has 0 radical (unpaired) electrons. The lowest BCUT2D eigenvalue weighted by atomic mass is 10.1. The maximum atomic E-state index is 8.84. The van der Waals surface area contributed by atoms with E-state index in [1.54, 1.807) is 18.4 Å². The minimum absolute atomic E-state index is 0.185. The normalized spacial score (nSPS) is 10.5. The van der Waals surface area contributed by atoms with Crippen LogP contribution in [0.15, 0.2) is 30.5 Å². The first-order valence-electron chi connectivity index (χ1n) is 5.49. The minimum atomic E-state index is 0.185. The van der Waals surface area contributed by atoms with E-state index in [9.17, 15) is 0 Å². The Morgan fingerprint density at radius 2 is 2.06 bits per heavy atom. The molecule has 2 rings (SSSR count). The Morgan fingerprint density at radius 3 is 2.71 bits per heavy atom. The Kier molecular flexibility index (Phi) is 4.12. The van der Waals surface area contributed by atoms with Gasteiger partial charge in [-0.1, -0.05) is 12.1 Å². The van der Waals surface area contributed by atoms with Crippen molar-refractivity contribution >= 4 is 11.3 Å². The van der Waals surface area contributed by atoms with Crippen molar-refractivity contribution in [3.8, 4) is 5.75 Å². The van der Waals surface area contributed by atoms with Crippen LogP contribution in [-0.4, -0.2) is 23.8 Å². The van der Waals surface area contributed by atoms with Crippen molar-refractivity contribution in [3.63, 3.8) is 0 Å². The number of rotatable bonds is 5. The highest BCUT2D eigenvalue weighted by Crippen LogP contribution is 2.19. The van der Waals surface area contributed by atoms with Crippen molar-refractivity contribution in [2.45, 2.75) is 12.8 Å². The average Bonchev–Trinajstić information content (AvgIpc) is 2.78. The summed E-state index contributed by atoms with van der Waals surface area (Å²) < 4.78 is 5.11. The predicted octanol–water partition coefficient (Wildman–Crippen LogP) is 2.28. The molecule has 0 fully saturated rings. The quantitative estimate of drug-likeness (QED) is 0.884. The van der Waals surface area contributed by atoms with Crippen molar-refractivity contribution in [1.29, 1.82) is 0 Å². The fourth-order valence-corrected chi connectivity index (χ4v) is 2.52. The summed E-state index contributed by atoms with van der Waals surface area (Å²) in [6, 6.07) is 8.01. The standard InChI is InChI=1S/C13H15NO2S/c1-16-11-4-2-10(3-5-11)8-13-14-9-12(17-13)6-7-15/h2-5,9,15H,6-8H2,1H3. The number of thiazole rings is 1. The summed E-state index contributed by atoms with van der Waals surface area (Å²) in [7, 11) is 1.66. The third kappa shape index (κ3) is 3.28. The van der Waals surface area contributed by atoms with Gasteiger partial charge < -0.3 is 9.84 Å². The Bertz CT molecular complexity index is 465. The zero-order valence-corrected chi connectivity index (χ0v) is 10.5. The Morgan fingerprint density at radius 1 is 1.29 bits per heavy atom. The molecule has 1 heterocycles. The molecule has 0 spiro atoms. The van der Waals surface area contributed by atoms with Gasteiger partial charge in [-0.2, -0.15) is 0 Å². The average molecular weight is 249 g/mol. The lowest BCUT2D eigenvalue weighted by Gasteiger charge is -2.01. The molecule has 90 valence electrons. The number of aromatic nitrogens is 1. The molecule has 0 atom stereocenters. The molecular formula is C13H15NO2S. The van der Waals surface area contributed by atoms with Crippen LogP contribution in [0, 0.1) is 0 Å². The molecular weight excluding hydrogens is 234 g/mol. The third-order valence-electron chi connectivity index (χ3n) is 2.47. The van der Waals surface area contributed by atoms with Gasteiger partial charge in [0.15, 0.2) is 0 Å². The first-order valence-corrected chi connectivity index (χ1v) is 6.31. The van der Waals surface area contributed by atoms with E-state index < -0.39 is 0 Å². The molecule has 0 bridgehead atoms. The summed E-state index contributed by atoms with van der Waals surface area (Å²) in [5, 5.41) is 9.92. The van der Waals surface area contributed by atoms with Crippen LogP contribution < -0.4 is 4.74 Å². The zero-order valence-electron chi connectivity index (χ0n) is 9.72. The first-order chi connectivity index (χ1) is 8.31. The van der Waals surface area contributed by atoms with Crippen LogP contribution in [0.3, 0.4) is 0 Å². The topological polar surface area (TPSA) is 42.4 Å².